The molecule has 0 fully saturated rings. The summed E-state index contributed by atoms with van der Waals surface area (Å²) >= 11 is 1.11. The van der Waals surface area contributed by atoms with Gasteiger partial charge < -0.3 is 10.1 Å². The number of ether oxygens (including phenoxy) is 1. The van der Waals surface area contributed by atoms with Gasteiger partial charge in [0.15, 0.2) is 0 Å². The zero-order valence-electron chi connectivity index (χ0n) is 15.9. The van der Waals surface area contributed by atoms with Crippen molar-refractivity contribution < 1.29 is 17.9 Å². The predicted molar refractivity (Wildman–Crippen MR) is 113 cm³/mol. The Balaban J connectivity index is 1.77. The van der Waals surface area contributed by atoms with Gasteiger partial charge in [0.1, 0.15) is 16.0 Å². The van der Waals surface area contributed by atoms with Crippen LogP contribution in [-0.2, 0) is 27.8 Å². The molecule has 1 heterocycles. The molecule has 0 aliphatic carbocycles. The van der Waals surface area contributed by atoms with Crippen LogP contribution in [0.1, 0.15) is 11.1 Å². The van der Waals surface area contributed by atoms with Crippen LogP contribution in [0.25, 0.3) is 0 Å². The standard InChI is InChI=1S/C21H22N2O4S2/c1-27-19-11-6-5-10-17(19)15-22-21(24)18(14-16-8-3-2-4-9-16)23-29(25,26)20-12-7-13-28-20/h2-13,18,23H,14-15H2,1H3,(H,22,24)/t18-/m1/s1. The first-order valence-electron chi connectivity index (χ1n) is 8.99. The third-order valence-corrected chi connectivity index (χ3v) is 7.17. The molecular formula is C21H22N2O4S2. The van der Waals surface area contributed by atoms with Crippen LogP contribution < -0.4 is 14.8 Å². The lowest BCUT2D eigenvalue weighted by molar-refractivity contribution is -0.122. The number of nitrogens with one attached hydrogen (secondary N) is 2. The fraction of sp³-hybridized carbons (Fsp3) is 0.190. The molecule has 2 aromatic carbocycles. The quantitative estimate of drug-likeness (QED) is 0.547. The van der Waals surface area contributed by atoms with E-state index in [9.17, 15) is 13.2 Å². The average molecular weight is 431 g/mol. The fourth-order valence-corrected chi connectivity index (χ4v) is 5.06. The van der Waals surface area contributed by atoms with Crippen molar-refractivity contribution in [3.63, 3.8) is 0 Å². The Hall–Kier alpha value is -2.68. The first kappa shape index (κ1) is 21.0. The molecular weight excluding hydrogens is 408 g/mol. The fourth-order valence-electron chi connectivity index (χ4n) is 2.85. The van der Waals surface area contributed by atoms with Gasteiger partial charge in [0.25, 0.3) is 10.0 Å². The van der Waals surface area contributed by atoms with E-state index >= 15 is 0 Å². The van der Waals surface area contributed by atoms with E-state index in [1.54, 1.807) is 18.6 Å². The SMILES string of the molecule is COc1ccccc1CNC(=O)[C@@H](Cc1ccccc1)NS(=O)(=O)c1cccs1. The summed E-state index contributed by atoms with van der Waals surface area (Å²) in [5, 5.41) is 4.50. The van der Waals surface area contributed by atoms with E-state index in [1.807, 2.05) is 54.6 Å². The molecule has 0 saturated carbocycles. The molecule has 0 spiro atoms. The third-order valence-electron chi connectivity index (χ3n) is 4.30. The maximum Gasteiger partial charge on any atom is 0.250 e. The molecule has 152 valence electrons. The summed E-state index contributed by atoms with van der Waals surface area (Å²) in [4.78, 5) is 12.9. The molecule has 29 heavy (non-hydrogen) atoms. The van der Waals surface area contributed by atoms with Crippen molar-refractivity contribution in [1.82, 2.24) is 10.0 Å². The zero-order chi connectivity index (χ0) is 20.7. The first-order valence-corrected chi connectivity index (χ1v) is 11.4. The van der Waals surface area contributed by atoms with Gasteiger partial charge in [-0.2, -0.15) is 4.72 Å². The molecule has 0 radical (unpaired) electrons. The topological polar surface area (TPSA) is 84.5 Å². The number of rotatable bonds is 9. The van der Waals surface area contributed by atoms with Crippen LogP contribution in [-0.4, -0.2) is 27.5 Å². The van der Waals surface area contributed by atoms with Gasteiger partial charge in [-0.1, -0.05) is 54.6 Å². The molecule has 0 unspecified atom stereocenters. The monoisotopic (exact) mass is 430 g/mol. The van der Waals surface area contributed by atoms with E-state index in [-0.39, 0.29) is 17.2 Å². The smallest absolute Gasteiger partial charge is 0.250 e. The highest BCUT2D eigenvalue weighted by atomic mass is 32.2. The lowest BCUT2D eigenvalue weighted by atomic mass is 10.1. The van der Waals surface area contributed by atoms with Crippen molar-refractivity contribution in [1.29, 1.82) is 0 Å². The van der Waals surface area contributed by atoms with Crippen molar-refractivity contribution in [2.24, 2.45) is 0 Å². The maximum absolute atomic E-state index is 12.9. The molecule has 0 aliphatic heterocycles. The summed E-state index contributed by atoms with van der Waals surface area (Å²) in [6.07, 6.45) is 0.239. The number of sulfonamides is 1. The second-order valence-corrected chi connectivity index (χ2v) is 9.21. The number of para-hydroxylation sites is 1. The number of hydrogen-bond acceptors (Lipinski definition) is 5. The van der Waals surface area contributed by atoms with Crippen molar-refractivity contribution in [2.45, 2.75) is 23.2 Å². The van der Waals surface area contributed by atoms with Crippen LogP contribution in [0, 0.1) is 0 Å². The molecule has 0 saturated heterocycles. The van der Waals surface area contributed by atoms with E-state index in [4.69, 9.17) is 4.74 Å². The second kappa shape index (κ2) is 9.69. The van der Waals surface area contributed by atoms with E-state index in [0.717, 1.165) is 22.5 Å². The Labute approximate surface area is 174 Å². The Kier molecular flexibility index (Phi) is 7.03. The molecule has 8 heteroatoms. The lowest BCUT2D eigenvalue weighted by Crippen LogP contribution is -2.47. The predicted octanol–water partition coefficient (Wildman–Crippen LogP) is 2.96. The van der Waals surface area contributed by atoms with Crippen molar-refractivity contribution in [3.8, 4) is 5.75 Å². The van der Waals surface area contributed by atoms with Gasteiger partial charge in [-0.25, -0.2) is 8.42 Å². The Morgan fingerprint density at radius 1 is 1.03 bits per heavy atom. The Morgan fingerprint density at radius 2 is 1.76 bits per heavy atom. The molecule has 1 amide bonds. The van der Waals surface area contributed by atoms with E-state index in [1.165, 1.54) is 6.07 Å². The van der Waals surface area contributed by atoms with Gasteiger partial charge in [-0.15, -0.1) is 11.3 Å². The normalized spacial score (nSPS) is 12.3. The molecule has 1 aromatic heterocycles. The van der Waals surface area contributed by atoms with Gasteiger partial charge in [0.05, 0.1) is 7.11 Å². The number of carbonyl (C=O) groups is 1. The van der Waals surface area contributed by atoms with E-state index in [2.05, 4.69) is 10.0 Å². The van der Waals surface area contributed by atoms with Gasteiger partial charge in [-0.05, 0) is 29.5 Å². The number of benzene rings is 2. The minimum atomic E-state index is -3.79. The highest BCUT2D eigenvalue weighted by Crippen LogP contribution is 2.18. The van der Waals surface area contributed by atoms with Crippen LogP contribution in [0.2, 0.25) is 0 Å². The van der Waals surface area contributed by atoms with E-state index < -0.39 is 22.0 Å². The molecule has 0 aliphatic rings. The largest absolute Gasteiger partial charge is 0.496 e. The number of thiophene rings is 1. The average Bonchev–Trinajstić information content (AvgIpc) is 3.28. The number of hydrogen-bond donors (Lipinski definition) is 2. The summed E-state index contributed by atoms with van der Waals surface area (Å²) in [5.74, 6) is 0.256. The maximum atomic E-state index is 12.9. The summed E-state index contributed by atoms with van der Waals surface area (Å²) < 4.78 is 33.4. The van der Waals surface area contributed by atoms with Gasteiger partial charge in [-0.3, -0.25) is 4.79 Å². The molecule has 0 bridgehead atoms. The highest BCUT2D eigenvalue weighted by Gasteiger charge is 2.26. The Bertz CT molecular complexity index is 1040. The van der Waals surface area contributed by atoms with Gasteiger partial charge >= 0.3 is 0 Å². The minimum absolute atomic E-state index is 0.174. The summed E-state index contributed by atoms with van der Waals surface area (Å²) in [6, 6.07) is 18.9. The number of carbonyl (C=O) groups excluding carboxylic acids is 1. The number of methoxy groups -OCH3 is 1. The summed E-state index contributed by atoms with van der Waals surface area (Å²) in [6.45, 7) is 0.231. The summed E-state index contributed by atoms with van der Waals surface area (Å²) in [5.41, 5.74) is 1.67. The zero-order valence-corrected chi connectivity index (χ0v) is 17.5. The third kappa shape index (κ3) is 5.66. The van der Waals surface area contributed by atoms with Crippen LogP contribution in [0.3, 0.4) is 0 Å². The van der Waals surface area contributed by atoms with Crippen LogP contribution in [0.5, 0.6) is 5.75 Å². The van der Waals surface area contributed by atoms with Gasteiger partial charge in [0.2, 0.25) is 5.91 Å². The minimum Gasteiger partial charge on any atom is -0.496 e. The van der Waals surface area contributed by atoms with Crippen LogP contribution in [0.15, 0.2) is 76.3 Å². The number of amides is 1. The lowest BCUT2D eigenvalue weighted by Gasteiger charge is -2.19. The van der Waals surface area contributed by atoms with E-state index in [0.29, 0.717) is 5.75 Å². The molecule has 3 rings (SSSR count). The molecule has 1 atom stereocenters. The van der Waals surface area contributed by atoms with Crippen molar-refractivity contribution in [2.75, 3.05) is 7.11 Å². The molecule has 2 N–H and O–H groups in total. The van der Waals surface area contributed by atoms with Crippen LogP contribution in [0.4, 0.5) is 0 Å². The van der Waals surface area contributed by atoms with Crippen LogP contribution >= 0.6 is 11.3 Å². The van der Waals surface area contributed by atoms with Crippen molar-refractivity contribution in [3.05, 3.63) is 83.2 Å². The van der Waals surface area contributed by atoms with Crippen molar-refractivity contribution >= 4 is 27.3 Å². The second-order valence-electron chi connectivity index (χ2n) is 6.33. The summed E-state index contributed by atoms with van der Waals surface area (Å²) in [7, 11) is -2.23. The molecule has 3 aromatic rings. The van der Waals surface area contributed by atoms with Gasteiger partial charge in [0, 0.05) is 12.1 Å². The molecule has 6 nitrogen and oxygen atoms in total. The first-order chi connectivity index (χ1) is 14.0. The Morgan fingerprint density at radius 3 is 2.45 bits per heavy atom. The highest BCUT2D eigenvalue weighted by molar-refractivity contribution is 7.91.